The zero-order valence-corrected chi connectivity index (χ0v) is 13.6. The third-order valence-corrected chi connectivity index (χ3v) is 3.65. The van der Waals surface area contributed by atoms with Crippen molar-refractivity contribution in [3.05, 3.63) is 32.8 Å². The van der Waals surface area contributed by atoms with E-state index in [4.69, 9.17) is 10.5 Å². The molecule has 0 heterocycles. The third kappa shape index (κ3) is 4.68. The second-order valence-electron chi connectivity index (χ2n) is 4.98. The van der Waals surface area contributed by atoms with E-state index < -0.39 is 16.4 Å². The topological polar surface area (TPSA) is 107 Å². The summed E-state index contributed by atoms with van der Waals surface area (Å²) in [5, 5.41) is 13.7. The highest BCUT2D eigenvalue weighted by molar-refractivity contribution is 9.10. The van der Waals surface area contributed by atoms with Gasteiger partial charge in [0.2, 0.25) is 5.91 Å². The second kappa shape index (κ2) is 6.86. The van der Waals surface area contributed by atoms with Gasteiger partial charge < -0.3 is 15.8 Å². The Morgan fingerprint density at radius 1 is 1.57 bits per heavy atom. The predicted molar refractivity (Wildman–Crippen MR) is 82.2 cm³/mol. The molecule has 3 N–H and O–H groups in total. The van der Waals surface area contributed by atoms with Gasteiger partial charge in [-0.25, -0.2) is 0 Å². The van der Waals surface area contributed by atoms with Crippen LogP contribution in [0.25, 0.3) is 0 Å². The molecule has 1 aromatic carbocycles. The van der Waals surface area contributed by atoms with E-state index in [1.165, 1.54) is 12.1 Å². The standard InChI is InChI=1S/C13H18BrN3O4/c1-8(7-13(2,16-3)12(15)18)21-11-5-9(14)4-10(6-11)17(19)20/h4-6,8,16H,7H2,1-3H3,(H2,15,18). The minimum Gasteiger partial charge on any atom is -0.490 e. The molecule has 0 aromatic heterocycles. The van der Waals surface area contributed by atoms with Gasteiger partial charge in [-0.05, 0) is 27.0 Å². The summed E-state index contributed by atoms with van der Waals surface area (Å²) in [5.41, 5.74) is 4.38. The van der Waals surface area contributed by atoms with Crippen molar-refractivity contribution in [1.82, 2.24) is 5.32 Å². The number of amides is 1. The molecule has 8 heteroatoms. The number of carbonyl (C=O) groups is 1. The van der Waals surface area contributed by atoms with E-state index in [-0.39, 0.29) is 11.8 Å². The van der Waals surface area contributed by atoms with Crippen molar-refractivity contribution in [2.45, 2.75) is 31.9 Å². The van der Waals surface area contributed by atoms with Gasteiger partial charge in [0.15, 0.2) is 0 Å². The molecule has 1 amide bonds. The van der Waals surface area contributed by atoms with Crippen LogP contribution >= 0.6 is 15.9 Å². The number of nitro groups is 1. The Labute approximate surface area is 131 Å². The molecule has 0 spiro atoms. The second-order valence-corrected chi connectivity index (χ2v) is 5.90. The fourth-order valence-electron chi connectivity index (χ4n) is 1.90. The fourth-order valence-corrected chi connectivity index (χ4v) is 2.36. The van der Waals surface area contributed by atoms with Crippen molar-refractivity contribution in [2.75, 3.05) is 7.05 Å². The van der Waals surface area contributed by atoms with Crippen molar-refractivity contribution < 1.29 is 14.5 Å². The van der Waals surface area contributed by atoms with E-state index in [0.29, 0.717) is 16.6 Å². The minimum atomic E-state index is -0.905. The lowest BCUT2D eigenvalue weighted by atomic mass is 9.94. The Balaban J connectivity index is 2.86. The van der Waals surface area contributed by atoms with Crippen LogP contribution in [0.1, 0.15) is 20.3 Å². The number of nitro benzene ring substituents is 1. The van der Waals surface area contributed by atoms with E-state index in [2.05, 4.69) is 21.2 Å². The fraction of sp³-hybridized carbons (Fsp3) is 0.462. The molecular formula is C13H18BrN3O4. The number of rotatable bonds is 7. The first-order chi connectivity index (χ1) is 9.67. The van der Waals surface area contributed by atoms with E-state index in [1.54, 1.807) is 27.0 Å². The van der Waals surface area contributed by atoms with Crippen molar-refractivity contribution in [3.63, 3.8) is 0 Å². The number of nitrogens with one attached hydrogen (secondary N) is 1. The van der Waals surface area contributed by atoms with Crippen molar-refractivity contribution in [1.29, 1.82) is 0 Å². The minimum absolute atomic E-state index is 0.0714. The highest BCUT2D eigenvalue weighted by Gasteiger charge is 2.31. The molecule has 0 aliphatic rings. The number of hydrogen-bond donors (Lipinski definition) is 2. The normalized spacial score (nSPS) is 15.0. The molecule has 21 heavy (non-hydrogen) atoms. The van der Waals surface area contributed by atoms with Gasteiger partial charge in [0.25, 0.3) is 5.69 Å². The largest absolute Gasteiger partial charge is 0.490 e. The smallest absolute Gasteiger partial charge is 0.274 e. The average Bonchev–Trinajstić information content (AvgIpc) is 2.37. The molecule has 0 radical (unpaired) electrons. The summed E-state index contributed by atoms with van der Waals surface area (Å²) in [6.07, 6.45) is -0.0251. The van der Waals surface area contributed by atoms with Crippen LogP contribution in [0.3, 0.4) is 0 Å². The number of non-ortho nitro benzene ring substituents is 1. The lowest BCUT2D eigenvalue weighted by Crippen LogP contribution is -2.53. The van der Waals surface area contributed by atoms with Gasteiger partial charge in [0.05, 0.1) is 22.6 Å². The van der Waals surface area contributed by atoms with E-state index in [0.717, 1.165) is 0 Å². The Kier molecular flexibility index (Phi) is 5.68. The highest BCUT2D eigenvalue weighted by Crippen LogP contribution is 2.27. The van der Waals surface area contributed by atoms with Crippen LogP contribution in [0.5, 0.6) is 5.75 Å². The summed E-state index contributed by atoms with van der Waals surface area (Å²) < 4.78 is 6.20. The molecule has 1 rings (SSSR count). The molecule has 0 aliphatic carbocycles. The van der Waals surface area contributed by atoms with Gasteiger partial charge in [-0.15, -0.1) is 0 Å². The Hall–Kier alpha value is -1.67. The molecule has 116 valence electrons. The molecule has 2 atom stereocenters. The number of ether oxygens (including phenoxy) is 1. The molecule has 0 saturated carbocycles. The van der Waals surface area contributed by atoms with Crippen LogP contribution in [0.2, 0.25) is 0 Å². The summed E-state index contributed by atoms with van der Waals surface area (Å²) >= 11 is 3.20. The average molecular weight is 360 g/mol. The number of primary amides is 1. The van der Waals surface area contributed by atoms with E-state index >= 15 is 0 Å². The third-order valence-electron chi connectivity index (χ3n) is 3.20. The first-order valence-electron chi connectivity index (χ1n) is 6.28. The number of halogens is 1. The monoisotopic (exact) mass is 359 g/mol. The first kappa shape index (κ1) is 17.4. The quantitative estimate of drug-likeness (QED) is 0.571. The van der Waals surface area contributed by atoms with Crippen LogP contribution in [0, 0.1) is 10.1 Å². The molecule has 1 aromatic rings. The van der Waals surface area contributed by atoms with Gasteiger partial charge in [0.1, 0.15) is 5.75 Å². The summed E-state index contributed by atoms with van der Waals surface area (Å²) in [7, 11) is 1.64. The van der Waals surface area contributed by atoms with Crippen LogP contribution in [-0.4, -0.2) is 29.5 Å². The maximum atomic E-state index is 11.4. The maximum absolute atomic E-state index is 11.4. The summed E-state index contributed by atoms with van der Waals surface area (Å²) in [5.74, 6) is -0.132. The van der Waals surface area contributed by atoms with Gasteiger partial charge in [-0.3, -0.25) is 14.9 Å². The Morgan fingerprint density at radius 2 is 2.19 bits per heavy atom. The lowest BCUT2D eigenvalue weighted by Gasteiger charge is -2.28. The summed E-state index contributed by atoms with van der Waals surface area (Å²) in [6, 6.07) is 4.35. The molecular weight excluding hydrogens is 342 g/mol. The zero-order chi connectivity index (χ0) is 16.2. The van der Waals surface area contributed by atoms with Gasteiger partial charge >= 0.3 is 0 Å². The van der Waals surface area contributed by atoms with Crippen LogP contribution < -0.4 is 15.8 Å². The molecule has 2 unspecified atom stereocenters. The number of likely N-dealkylation sites (N-methyl/N-ethyl adjacent to an activating group) is 1. The molecule has 7 nitrogen and oxygen atoms in total. The highest BCUT2D eigenvalue weighted by atomic mass is 79.9. The van der Waals surface area contributed by atoms with E-state index in [1.807, 2.05) is 0 Å². The number of hydrogen-bond acceptors (Lipinski definition) is 5. The predicted octanol–water partition coefficient (Wildman–Crippen LogP) is 1.98. The SMILES string of the molecule is CNC(C)(CC(C)Oc1cc(Br)cc([N+](=O)[O-])c1)C(N)=O. The van der Waals surface area contributed by atoms with Crippen LogP contribution in [0.4, 0.5) is 5.69 Å². The summed E-state index contributed by atoms with van der Waals surface area (Å²) in [6.45, 7) is 3.45. The van der Waals surface area contributed by atoms with Crippen LogP contribution in [0.15, 0.2) is 22.7 Å². The molecule has 0 aliphatic heterocycles. The first-order valence-corrected chi connectivity index (χ1v) is 7.07. The number of benzene rings is 1. The van der Waals surface area contributed by atoms with Gasteiger partial charge in [-0.1, -0.05) is 15.9 Å². The maximum Gasteiger partial charge on any atom is 0.274 e. The lowest BCUT2D eigenvalue weighted by molar-refractivity contribution is -0.385. The Morgan fingerprint density at radius 3 is 2.67 bits per heavy atom. The Bertz CT molecular complexity index is 552. The van der Waals surface area contributed by atoms with Crippen molar-refractivity contribution in [3.8, 4) is 5.75 Å². The number of carbonyl (C=O) groups excluding carboxylic acids is 1. The molecule has 0 saturated heterocycles. The van der Waals surface area contributed by atoms with Gasteiger partial charge in [0, 0.05) is 17.0 Å². The number of nitrogens with two attached hydrogens (primary N) is 1. The zero-order valence-electron chi connectivity index (χ0n) is 12.1. The van der Waals surface area contributed by atoms with Crippen molar-refractivity contribution in [2.24, 2.45) is 5.73 Å². The van der Waals surface area contributed by atoms with Crippen LogP contribution in [-0.2, 0) is 4.79 Å². The molecule has 0 bridgehead atoms. The van der Waals surface area contributed by atoms with Crippen molar-refractivity contribution >= 4 is 27.5 Å². The van der Waals surface area contributed by atoms with E-state index in [9.17, 15) is 14.9 Å². The number of nitrogens with zero attached hydrogens (tertiary/aromatic N) is 1. The summed E-state index contributed by atoms with van der Waals surface area (Å²) in [4.78, 5) is 21.8. The molecule has 0 fully saturated rings. The van der Waals surface area contributed by atoms with Gasteiger partial charge in [-0.2, -0.15) is 0 Å².